The summed E-state index contributed by atoms with van der Waals surface area (Å²) in [6.07, 6.45) is 1.74. The van der Waals surface area contributed by atoms with Crippen molar-refractivity contribution in [2.45, 2.75) is 12.8 Å². The first kappa shape index (κ1) is 8.70. The number of nitrogens with two attached hydrogens (primary N) is 1. The Hall–Kier alpha value is -0.390. The zero-order valence-corrected chi connectivity index (χ0v) is 7.10. The van der Waals surface area contributed by atoms with E-state index in [1.165, 1.54) is 4.31 Å². The van der Waals surface area contributed by atoms with Crippen molar-refractivity contribution < 1.29 is 8.42 Å². The van der Waals surface area contributed by atoms with Crippen LogP contribution in [0, 0.1) is 0 Å². The lowest BCUT2D eigenvalue weighted by molar-refractivity contribution is 0.396. The molecule has 64 valence electrons. The summed E-state index contributed by atoms with van der Waals surface area (Å²) in [5.41, 5.74) is 0.935. The van der Waals surface area contributed by atoms with Gasteiger partial charge in [0.15, 0.2) is 0 Å². The van der Waals surface area contributed by atoms with Gasteiger partial charge in [-0.15, -0.1) is 0 Å². The lowest BCUT2D eigenvalue weighted by atomic mass is 10.1. The average Bonchev–Trinajstić information content (AvgIpc) is 1.86. The van der Waals surface area contributed by atoms with Gasteiger partial charge in [-0.1, -0.05) is 12.2 Å². The number of hydrogen-bond donors (Lipinski definition) is 1. The maximum absolute atomic E-state index is 10.8. The molecule has 0 radical (unpaired) electrons. The van der Waals surface area contributed by atoms with Crippen LogP contribution < -0.4 is 5.14 Å². The van der Waals surface area contributed by atoms with E-state index in [0.29, 0.717) is 13.1 Å². The monoisotopic (exact) mass is 176 g/mol. The predicted octanol–water partition coefficient (Wildman–Crippen LogP) is -0.158. The molecular formula is C6H12N2O2S. The Morgan fingerprint density at radius 2 is 2.18 bits per heavy atom. The molecule has 5 heteroatoms. The van der Waals surface area contributed by atoms with Crippen molar-refractivity contribution in [3.8, 4) is 0 Å². The number of rotatable bonds is 1. The molecular weight excluding hydrogens is 164 g/mol. The molecule has 1 aliphatic heterocycles. The molecule has 0 atom stereocenters. The van der Waals surface area contributed by atoms with E-state index in [1.807, 2.05) is 0 Å². The van der Waals surface area contributed by atoms with Crippen LogP contribution in [0.1, 0.15) is 12.8 Å². The first-order chi connectivity index (χ1) is 5.00. The van der Waals surface area contributed by atoms with Gasteiger partial charge in [-0.05, 0) is 12.8 Å². The first-order valence-corrected chi connectivity index (χ1v) is 4.95. The minimum atomic E-state index is -3.49. The minimum absolute atomic E-state index is 0.388. The third-order valence-corrected chi connectivity index (χ3v) is 2.73. The molecule has 0 amide bonds. The van der Waals surface area contributed by atoms with E-state index in [4.69, 9.17) is 5.14 Å². The standard InChI is InChI=1S/C6H12N2O2S/c1-6-3-2-4-8(5-6)11(7,9)10/h1-5H2,(H2,7,9,10). The Morgan fingerprint density at radius 3 is 2.55 bits per heavy atom. The van der Waals surface area contributed by atoms with Crippen molar-refractivity contribution in [2.75, 3.05) is 13.1 Å². The van der Waals surface area contributed by atoms with Gasteiger partial charge in [0.1, 0.15) is 0 Å². The van der Waals surface area contributed by atoms with Gasteiger partial charge in [0.05, 0.1) is 0 Å². The molecule has 0 aromatic heterocycles. The van der Waals surface area contributed by atoms with Gasteiger partial charge < -0.3 is 0 Å². The molecule has 0 aromatic carbocycles. The van der Waals surface area contributed by atoms with Gasteiger partial charge in [0.2, 0.25) is 0 Å². The Kier molecular flexibility index (Phi) is 2.31. The number of piperidine rings is 1. The molecule has 1 saturated heterocycles. The maximum atomic E-state index is 10.8. The summed E-state index contributed by atoms with van der Waals surface area (Å²) in [6, 6.07) is 0. The van der Waals surface area contributed by atoms with Crippen LogP contribution in [0.3, 0.4) is 0 Å². The molecule has 0 aliphatic carbocycles. The molecule has 11 heavy (non-hydrogen) atoms. The highest BCUT2D eigenvalue weighted by Gasteiger charge is 2.20. The van der Waals surface area contributed by atoms with Crippen LogP contribution in [0.2, 0.25) is 0 Å². The summed E-state index contributed by atoms with van der Waals surface area (Å²) in [6.45, 7) is 4.63. The zero-order chi connectivity index (χ0) is 8.48. The van der Waals surface area contributed by atoms with Gasteiger partial charge in [0, 0.05) is 13.1 Å². The maximum Gasteiger partial charge on any atom is 0.277 e. The quantitative estimate of drug-likeness (QED) is 0.564. The fraction of sp³-hybridized carbons (Fsp3) is 0.667. The molecule has 2 N–H and O–H groups in total. The highest BCUT2D eigenvalue weighted by Crippen LogP contribution is 2.14. The van der Waals surface area contributed by atoms with Crippen molar-refractivity contribution in [2.24, 2.45) is 5.14 Å². The molecule has 1 fully saturated rings. The van der Waals surface area contributed by atoms with E-state index in [-0.39, 0.29) is 0 Å². The molecule has 1 rings (SSSR count). The van der Waals surface area contributed by atoms with Gasteiger partial charge in [-0.2, -0.15) is 12.7 Å². The Morgan fingerprint density at radius 1 is 1.55 bits per heavy atom. The van der Waals surface area contributed by atoms with Gasteiger partial charge in [0.25, 0.3) is 10.2 Å². The lowest BCUT2D eigenvalue weighted by Crippen LogP contribution is -2.40. The first-order valence-electron chi connectivity index (χ1n) is 3.44. The minimum Gasteiger partial charge on any atom is -0.216 e. The van der Waals surface area contributed by atoms with Crippen molar-refractivity contribution in [3.05, 3.63) is 12.2 Å². The molecule has 0 aromatic rings. The van der Waals surface area contributed by atoms with Crippen LogP contribution >= 0.6 is 0 Å². The SMILES string of the molecule is C=C1CCCN(S(N)(=O)=O)C1. The largest absolute Gasteiger partial charge is 0.277 e. The summed E-state index contributed by atoms with van der Waals surface area (Å²) in [5.74, 6) is 0. The Balaban J connectivity index is 2.68. The third-order valence-electron chi connectivity index (χ3n) is 1.70. The van der Waals surface area contributed by atoms with Crippen molar-refractivity contribution in [3.63, 3.8) is 0 Å². The van der Waals surface area contributed by atoms with E-state index < -0.39 is 10.2 Å². The lowest BCUT2D eigenvalue weighted by Gasteiger charge is -2.24. The van der Waals surface area contributed by atoms with Crippen molar-refractivity contribution >= 4 is 10.2 Å². The van der Waals surface area contributed by atoms with Crippen molar-refractivity contribution in [1.29, 1.82) is 0 Å². The molecule has 0 saturated carbocycles. The highest BCUT2D eigenvalue weighted by molar-refractivity contribution is 7.86. The second-order valence-electron chi connectivity index (χ2n) is 2.73. The zero-order valence-electron chi connectivity index (χ0n) is 6.28. The molecule has 1 heterocycles. The fourth-order valence-electron chi connectivity index (χ4n) is 1.13. The Labute approximate surface area is 66.9 Å². The van der Waals surface area contributed by atoms with E-state index in [9.17, 15) is 8.42 Å². The van der Waals surface area contributed by atoms with E-state index in [0.717, 1.165) is 18.4 Å². The van der Waals surface area contributed by atoms with Crippen LogP contribution in [0.4, 0.5) is 0 Å². The smallest absolute Gasteiger partial charge is 0.216 e. The van der Waals surface area contributed by atoms with E-state index in [2.05, 4.69) is 6.58 Å². The predicted molar refractivity (Wildman–Crippen MR) is 43.1 cm³/mol. The van der Waals surface area contributed by atoms with Crippen LogP contribution in [0.5, 0.6) is 0 Å². The summed E-state index contributed by atoms with van der Waals surface area (Å²) in [5, 5.41) is 4.93. The van der Waals surface area contributed by atoms with E-state index in [1.54, 1.807) is 0 Å². The summed E-state index contributed by atoms with van der Waals surface area (Å²) in [4.78, 5) is 0. The molecule has 0 spiro atoms. The number of nitrogens with zero attached hydrogens (tertiary/aromatic N) is 1. The highest BCUT2D eigenvalue weighted by atomic mass is 32.2. The van der Waals surface area contributed by atoms with Gasteiger partial charge in [-0.3, -0.25) is 0 Å². The second-order valence-corrected chi connectivity index (χ2v) is 4.28. The fourth-order valence-corrected chi connectivity index (χ4v) is 1.88. The van der Waals surface area contributed by atoms with Crippen LogP contribution in [-0.2, 0) is 10.2 Å². The molecule has 4 nitrogen and oxygen atoms in total. The number of hydrogen-bond acceptors (Lipinski definition) is 2. The average molecular weight is 176 g/mol. The van der Waals surface area contributed by atoms with Crippen LogP contribution in [-0.4, -0.2) is 25.8 Å². The third kappa shape index (κ3) is 2.28. The summed E-state index contributed by atoms with van der Waals surface area (Å²) < 4.78 is 22.8. The second kappa shape index (κ2) is 2.92. The Bertz CT molecular complexity index is 258. The topological polar surface area (TPSA) is 63.4 Å². The molecule has 0 bridgehead atoms. The van der Waals surface area contributed by atoms with Gasteiger partial charge in [-0.25, -0.2) is 5.14 Å². The summed E-state index contributed by atoms with van der Waals surface area (Å²) in [7, 11) is -3.49. The van der Waals surface area contributed by atoms with Crippen LogP contribution in [0.25, 0.3) is 0 Å². The van der Waals surface area contributed by atoms with E-state index >= 15 is 0 Å². The van der Waals surface area contributed by atoms with Crippen LogP contribution in [0.15, 0.2) is 12.2 Å². The normalized spacial score (nSPS) is 22.1. The van der Waals surface area contributed by atoms with Crippen molar-refractivity contribution in [1.82, 2.24) is 4.31 Å². The molecule has 1 aliphatic rings. The summed E-state index contributed by atoms with van der Waals surface area (Å²) >= 11 is 0. The van der Waals surface area contributed by atoms with Gasteiger partial charge >= 0.3 is 0 Å². The molecule has 0 unspecified atom stereocenters.